The lowest BCUT2D eigenvalue weighted by atomic mass is 10.3. The van der Waals surface area contributed by atoms with Crippen LogP contribution >= 0.6 is 0 Å². The van der Waals surface area contributed by atoms with Crippen molar-refractivity contribution in [2.45, 2.75) is 0 Å². The number of nitrogens with zero attached hydrogens (tertiary/aromatic N) is 2. The van der Waals surface area contributed by atoms with Gasteiger partial charge in [0, 0.05) is 13.2 Å². The van der Waals surface area contributed by atoms with Crippen molar-refractivity contribution >= 4 is 0 Å². The van der Waals surface area contributed by atoms with Gasteiger partial charge < -0.3 is 9.55 Å². The number of hydrogen-bond donors (Lipinski definition) is 1. The number of hydrogen-bond acceptors (Lipinski definition) is 1. The molecular formula is C8H9N3. The van der Waals surface area contributed by atoms with E-state index in [1.165, 1.54) is 0 Å². The minimum absolute atomic E-state index is 1.10. The van der Waals surface area contributed by atoms with Crippen LogP contribution in [0.3, 0.4) is 0 Å². The summed E-state index contributed by atoms with van der Waals surface area (Å²) in [6.07, 6.45) is 5.53. The number of H-pyrrole nitrogens is 1. The first-order valence-corrected chi connectivity index (χ1v) is 3.48. The lowest BCUT2D eigenvalue weighted by molar-refractivity contribution is 0.918. The topological polar surface area (TPSA) is 33.6 Å². The summed E-state index contributed by atoms with van der Waals surface area (Å²) in [4.78, 5) is 7.14. The molecule has 0 spiro atoms. The summed E-state index contributed by atoms with van der Waals surface area (Å²) in [5.41, 5.74) is 2.21. The number of imidazole rings is 1. The van der Waals surface area contributed by atoms with E-state index in [1.54, 1.807) is 6.33 Å². The van der Waals surface area contributed by atoms with Crippen LogP contribution in [0.2, 0.25) is 0 Å². The van der Waals surface area contributed by atoms with Gasteiger partial charge in [0.05, 0.1) is 23.9 Å². The van der Waals surface area contributed by atoms with Gasteiger partial charge in [0.15, 0.2) is 0 Å². The predicted octanol–water partition coefficient (Wildman–Crippen LogP) is 1.42. The fraction of sp³-hybridized carbons (Fsp3) is 0.125. The van der Waals surface area contributed by atoms with E-state index in [9.17, 15) is 0 Å². The first-order valence-electron chi connectivity index (χ1n) is 3.48. The molecular weight excluding hydrogens is 138 g/mol. The Morgan fingerprint density at radius 1 is 1.55 bits per heavy atom. The molecule has 3 nitrogen and oxygen atoms in total. The summed E-state index contributed by atoms with van der Waals surface area (Å²) >= 11 is 0. The van der Waals surface area contributed by atoms with Gasteiger partial charge in [0.2, 0.25) is 0 Å². The summed E-state index contributed by atoms with van der Waals surface area (Å²) in [5, 5.41) is 0. The molecule has 2 heterocycles. The number of aryl methyl sites for hydroxylation is 1. The quantitative estimate of drug-likeness (QED) is 0.650. The predicted molar refractivity (Wildman–Crippen MR) is 43.0 cm³/mol. The van der Waals surface area contributed by atoms with Gasteiger partial charge in [-0.3, -0.25) is 0 Å². The molecule has 0 radical (unpaired) electrons. The van der Waals surface area contributed by atoms with Crippen molar-refractivity contribution in [3.63, 3.8) is 0 Å². The highest BCUT2D eigenvalue weighted by Gasteiger charge is 2.00. The molecule has 0 aliphatic rings. The lowest BCUT2D eigenvalue weighted by Gasteiger charge is -1.96. The van der Waals surface area contributed by atoms with Crippen molar-refractivity contribution in [1.29, 1.82) is 0 Å². The van der Waals surface area contributed by atoms with Gasteiger partial charge in [0.25, 0.3) is 0 Å². The monoisotopic (exact) mass is 147 g/mol. The molecule has 1 N–H and O–H groups in total. The van der Waals surface area contributed by atoms with E-state index in [0.29, 0.717) is 0 Å². The minimum Gasteiger partial charge on any atom is -0.360 e. The molecule has 2 aromatic rings. The normalized spacial score (nSPS) is 10.3. The van der Waals surface area contributed by atoms with Crippen LogP contribution in [0.4, 0.5) is 0 Å². The SMILES string of the molecule is Cn1cncc1-c1ccc[nH]1. The van der Waals surface area contributed by atoms with E-state index in [1.807, 2.05) is 36.1 Å². The van der Waals surface area contributed by atoms with Crippen LogP contribution in [0.25, 0.3) is 11.4 Å². The highest BCUT2D eigenvalue weighted by atomic mass is 15.0. The average molecular weight is 147 g/mol. The summed E-state index contributed by atoms with van der Waals surface area (Å²) in [6, 6.07) is 4.00. The van der Waals surface area contributed by atoms with Crippen molar-refractivity contribution in [3.8, 4) is 11.4 Å². The molecule has 0 saturated heterocycles. The first-order chi connectivity index (χ1) is 5.38. The van der Waals surface area contributed by atoms with Gasteiger partial charge in [-0.05, 0) is 12.1 Å². The van der Waals surface area contributed by atoms with E-state index >= 15 is 0 Å². The molecule has 0 saturated carbocycles. The maximum atomic E-state index is 4.02. The molecule has 0 fully saturated rings. The van der Waals surface area contributed by atoms with Crippen LogP contribution in [-0.2, 0) is 7.05 Å². The first kappa shape index (κ1) is 6.22. The summed E-state index contributed by atoms with van der Waals surface area (Å²) in [7, 11) is 1.98. The molecule has 56 valence electrons. The summed E-state index contributed by atoms with van der Waals surface area (Å²) in [5.74, 6) is 0. The third kappa shape index (κ3) is 0.941. The van der Waals surface area contributed by atoms with Gasteiger partial charge in [-0.25, -0.2) is 4.98 Å². The second kappa shape index (κ2) is 2.27. The van der Waals surface area contributed by atoms with E-state index in [-0.39, 0.29) is 0 Å². The van der Waals surface area contributed by atoms with E-state index in [0.717, 1.165) is 11.4 Å². The van der Waals surface area contributed by atoms with Crippen LogP contribution in [0, 0.1) is 0 Å². The molecule has 3 heteroatoms. The number of aromatic nitrogens is 3. The Morgan fingerprint density at radius 3 is 3.00 bits per heavy atom. The zero-order valence-electron chi connectivity index (χ0n) is 6.28. The van der Waals surface area contributed by atoms with Crippen molar-refractivity contribution in [2.24, 2.45) is 7.05 Å². The second-order valence-electron chi connectivity index (χ2n) is 2.47. The maximum absolute atomic E-state index is 4.02. The fourth-order valence-corrected chi connectivity index (χ4v) is 1.11. The number of rotatable bonds is 1. The zero-order chi connectivity index (χ0) is 7.68. The molecule has 0 aliphatic heterocycles. The molecule has 0 unspecified atom stereocenters. The molecule has 2 aromatic heterocycles. The Hall–Kier alpha value is -1.51. The smallest absolute Gasteiger partial charge is 0.0948 e. The Morgan fingerprint density at radius 2 is 2.45 bits per heavy atom. The van der Waals surface area contributed by atoms with Gasteiger partial charge >= 0.3 is 0 Å². The minimum atomic E-state index is 1.10. The summed E-state index contributed by atoms with van der Waals surface area (Å²) in [6.45, 7) is 0. The van der Waals surface area contributed by atoms with Crippen molar-refractivity contribution in [2.75, 3.05) is 0 Å². The lowest BCUT2D eigenvalue weighted by Crippen LogP contribution is -1.88. The Balaban J connectivity index is 2.53. The van der Waals surface area contributed by atoms with E-state index in [4.69, 9.17) is 0 Å². The van der Waals surface area contributed by atoms with Gasteiger partial charge in [-0.2, -0.15) is 0 Å². The van der Waals surface area contributed by atoms with Gasteiger partial charge in [-0.1, -0.05) is 0 Å². The Bertz CT molecular complexity index is 332. The van der Waals surface area contributed by atoms with Crippen molar-refractivity contribution in [1.82, 2.24) is 14.5 Å². The maximum Gasteiger partial charge on any atom is 0.0948 e. The third-order valence-electron chi connectivity index (χ3n) is 1.69. The van der Waals surface area contributed by atoms with Crippen LogP contribution in [0.1, 0.15) is 0 Å². The van der Waals surface area contributed by atoms with Crippen LogP contribution in [0.5, 0.6) is 0 Å². The number of aromatic amines is 1. The van der Waals surface area contributed by atoms with E-state index < -0.39 is 0 Å². The molecule has 0 amide bonds. The largest absolute Gasteiger partial charge is 0.360 e. The van der Waals surface area contributed by atoms with Crippen LogP contribution in [0.15, 0.2) is 30.9 Å². The Kier molecular flexibility index (Phi) is 1.28. The molecule has 0 atom stereocenters. The number of nitrogens with one attached hydrogen (secondary N) is 1. The van der Waals surface area contributed by atoms with Gasteiger partial charge in [-0.15, -0.1) is 0 Å². The zero-order valence-corrected chi connectivity index (χ0v) is 6.28. The molecule has 0 aliphatic carbocycles. The van der Waals surface area contributed by atoms with Crippen LogP contribution < -0.4 is 0 Å². The van der Waals surface area contributed by atoms with Crippen LogP contribution in [-0.4, -0.2) is 14.5 Å². The summed E-state index contributed by atoms with van der Waals surface area (Å²) < 4.78 is 1.98. The average Bonchev–Trinajstić information content (AvgIpc) is 2.55. The standard InChI is InChI=1S/C8H9N3/c1-11-6-9-5-8(11)7-3-2-4-10-7/h2-6,10H,1H3. The van der Waals surface area contributed by atoms with Gasteiger partial charge in [0.1, 0.15) is 0 Å². The van der Waals surface area contributed by atoms with Crippen molar-refractivity contribution in [3.05, 3.63) is 30.9 Å². The fourth-order valence-electron chi connectivity index (χ4n) is 1.11. The van der Waals surface area contributed by atoms with Crippen molar-refractivity contribution < 1.29 is 0 Å². The molecule has 11 heavy (non-hydrogen) atoms. The molecule has 0 aromatic carbocycles. The molecule has 0 bridgehead atoms. The van der Waals surface area contributed by atoms with E-state index in [2.05, 4.69) is 9.97 Å². The highest BCUT2D eigenvalue weighted by Crippen LogP contribution is 2.13. The second-order valence-corrected chi connectivity index (χ2v) is 2.47. The molecule has 2 rings (SSSR count). The Labute approximate surface area is 64.7 Å². The third-order valence-corrected chi connectivity index (χ3v) is 1.69. The highest BCUT2D eigenvalue weighted by molar-refractivity contribution is 5.53.